The Morgan fingerprint density at radius 2 is 2.33 bits per heavy atom. The van der Waals surface area contributed by atoms with Gasteiger partial charge in [-0.2, -0.15) is 5.26 Å². The fraction of sp³-hybridized carbons (Fsp3) is 0.875. The third kappa shape index (κ3) is 1.74. The summed E-state index contributed by atoms with van der Waals surface area (Å²) in [6, 6.07) is 2.17. The zero-order valence-corrected chi connectivity index (χ0v) is 7.13. The number of aliphatic hydroxyl groups excluding tert-OH is 1. The first-order valence-electron chi connectivity index (χ1n) is 4.01. The molecule has 0 heterocycles. The molecule has 12 heavy (non-hydrogen) atoms. The summed E-state index contributed by atoms with van der Waals surface area (Å²) in [4.78, 5) is 1.73. The van der Waals surface area contributed by atoms with E-state index in [1.54, 1.807) is 11.9 Å². The van der Waals surface area contributed by atoms with Crippen molar-refractivity contribution >= 4 is 0 Å². The van der Waals surface area contributed by atoms with E-state index < -0.39 is 18.3 Å². The summed E-state index contributed by atoms with van der Waals surface area (Å²) in [5, 5.41) is 17.7. The highest BCUT2D eigenvalue weighted by molar-refractivity contribution is 5.18. The highest BCUT2D eigenvalue weighted by Gasteiger charge is 2.47. The Bertz CT molecular complexity index is 198. The van der Waals surface area contributed by atoms with Gasteiger partial charge in [0, 0.05) is 6.54 Å². The first kappa shape index (κ1) is 9.43. The first-order chi connectivity index (χ1) is 5.64. The van der Waals surface area contributed by atoms with E-state index in [2.05, 4.69) is 6.07 Å². The molecule has 1 unspecified atom stereocenters. The second-order valence-electron chi connectivity index (χ2n) is 3.33. The molecular weight excluding hydrogens is 159 g/mol. The van der Waals surface area contributed by atoms with Gasteiger partial charge in [0.15, 0.2) is 0 Å². The van der Waals surface area contributed by atoms with Crippen molar-refractivity contribution < 1.29 is 9.50 Å². The lowest BCUT2D eigenvalue weighted by Crippen LogP contribution is -2.39. The van der Waals surface area contributed by atoms with Gasteiger partial charge < -0.3 is 5.11 Å². The lowest BCUT2D eigenvalue weighted by atomic mass is 10.2. The number of nitrogens with zero attached hydrogens (tertiary/aromatic N) is 2. The smallest absolute Gasteiger partial charge is 0.117 e. The number of likely N-dealkylation sites (N-methyl/N-ethyl adjacent to an activating group) is 1. The Morgan fingerprint density at radius 1 is 1.75 bits per heavy atom. The maximum Gasteiger partial charge on any atom is 0.117 e. The second-order valence-corrected chi connectivity index (χ2v) is 3.33. The molecule has 3 nitrogen and oxygen atoms in total. The van der Waals surface area contributed by atoms with Gasteiger partial charge in [0.05, 0.1) is 12.2 Å². The van der Waals surface area contributed by atoms with E-state index in [0.717, 1.165) is 12.8 Å². The van der Waals surface area contributed by atoms with Crippen LogP contribution in [0.3, 0.4) is 0 Å². The number of alkyl halides is 1. The first-order valence-corrected chi connectivity index (χ1v) is 4.01. The van der Waals surface area contributed by atoms with E-state index in [1.807, 2.05) is 0 Å². The topological polar surface area (TPSA) is 47.3 Å². The van der Waals surface area contributed by atoms with E-state index in [0.29, 0.717) is 0 Å². The van der Waals surface area contributed by atoms with Crippen molar-refractivity contribution in [3.8, 4) is 6.07 Å². The van der Waals surface area contributed by atoms with Crippen molar-refractivity contribution in [2.45, 2.75) is 24.5 Å². The highest BCUT2D eigenvalue weighted by Crippen LogP contribution is 2.39. The average Bonchev–Trinajstić information content (AvgIpc) is 2.84. The van der Waals surface area contributed by atoms with Gasteiger partial charge in [0.25, 0.3) is 0 Å². The molecule has 1 fully saturated rings. The average molecular weight is 172 g/mol. The molecule has 0 saturated heterocycles. The largest absolute Gasteiger partial charge is 0.389 e. The molecule has 1 aliphatic carbocycles. The number of aliphatic hydroxyl groups is 1. The Labute approximate surface area is 71.4 Å². The molecule has 0 radical (unpaired) electrons. The third-order valence-corrected chi connectivity index (χ3v) is 2.33. The van der Waals surface area contributed by atoms with Crippen LogP contribution in [0.1, 0.15) is 12.8 Å². The van der Waals surface area contributed by atoms with Crippen molar-refractivity contribution in [3.05, 3.63) is 0 Å². The van der Waals surface area contributed by atoms with Crippen molar-refractivity contribution in [1.82, 2.24) is 4.90 Å². The molecule has 0 aromatic heterocycles. The summed E-state index contributed by atoms with van der Waals surface area (Å²) in [6.07, 6.45) is 0.707. The van der Waals surface area contributed by atoms with Crippen molar-refractivity contribution in [1.29, 1.82) is 5.26 Å². The van der Waals surface area contributed by atoms with Crippen molar-refractivity contribution in [2.24, 2.45) is 0 Å². The van der Waals surface area contributed by atoms with E-state index in [1.165, 1.54) is 0 Å². The van der Waals surface area contributed by atoms with Crippen LogP contribution in [-0.4, -0.2) is 41.9 Å². The summed E-state index contributed by atoms with van der Waals surface area (Å²) in [7, 11) is 1.75. The normalized spacial score (nSPS) is 21.9. The molecule has 1 aliphatic rings. The highest BCUT2D eigenvalue weighted by atomic mass is 19.1. The molecule has 1 atom stereocenters. The maximum atomic E-state index is 11.9. The SMILES string of the molecule is CN(CC(O)CF)C1(C#N)CC1. The van der Waals surface area contributed by atoms with E-state index in [4.69, 9.17) is 10.4 Å². The number of halogens is 1. The fourth-order valence-electron chi connectivity index (χ4n) is 1.24. The van der Waals surface area contributed by atoms with Crippen LogP contribution in [0.2, 0.25) is 0 Å². The van der Waals surface area contributed by atoms with Crippen molar-refractivity contribution in [3.63, 3.8) is 0 Å². The number of nitriles is 1. The molecule has 0 amide bonds. The molecule has 1 N–H and O–H groups in total. The molecule has 0 aliphatic heterocycles. The Kier molecular flexibility index (Phi) is 2.65. The van der Waals surface area contributed by atoms with Crippen LogP contribution >= 0.6 is 0 Å². The van der Waals surface area contributed by atoms with Gasteiger partial charge >= 0.3 is 0 Å². The van der Waals surface area contributed by atoms with E-state index >= 15 is 0 Å². The zero-order valence-electron chi connectivity index (χ0n) is 7.13. The van der Waals surface area contributed by atoms with Gasteiger partial charge in [-0.1, -0.05) is 0 Å². The van der Waals surface area contributed by atoms with Crippen LogP contribution in [0.25, 0.3) is 0 Å². The minimum atomic E-state index is -0.958. The van der Waals surface area contributed by atoms with Crippen LogP contribution in [0, 0.1) is 11.3 Å². The molecule has 0 aromatic carbocycles. The third-order valence-electron chi connectivity index (χ3n) is 2.33. The molecule has 68 valence electrons. The van der Waals surface area contributed by atoms with E-state index in [-0.39, 0.29) is 6.54 Å². The second kappa shape index (κ2) is 3.38. The molecule has 1 rings (SSSR count). The lowest BCUT2D eigenvalue weighted by molar-refractivity contribution is 0.0876. The molecule has 4 heteroatoms. The van der Waals surface area contributed by atoms with Gasteiger partial charge in [0.1, 0.15) is 12.2 Å². The monoisotopic (exact) mass is 172 g/mol. The number of β-amino-alcohol motifs (C(OH)–C–C–N with tert-alkyl or cyclic N) is 1. The van der Waals surface area contributed by atoms with Gasteiger partial charge in [-0.15, -0.1) is 0 Å². The predicted octanol–water partition coefficient (Wildman–Crippen LogP) is 0.305. The van der Waals surface area contributed by atoms with Crippen LogP contribution in [0.5, 0.6) is 0 Å². The molecule has 0 spiro atoms. The summed E-state index contributed by atoms with van der Waals surface area (Å²) in [6.45, 7) is -0.504. The van der Waals surface area contributed by atoms with Gasteiger partial charge in [-0.3, -0.25) is 4.90 Å². The summed E-state index contributed by atoms with van der Waals surface area (Å²) in [5.74, 6) is 0. The number of rotatable bonds is 4. The fourth-order valence-corrected chi connectivity index (χ4v) is 1.24. The molecule has 1 saturated carbocycles. The summed E-state index contributed by atoms with van der Waals surface area (Å²) in [5.41, 5.74) is -0.407. The molecule has 0 aromatic rings. The van der Waals surface area contributed by atoms with Crippen LogP contribution in [-0.2, 0) is 0 Å². The lowest BCUT2D eigenvalue weighted by Gasteiger charge is -2.23. The van der Waals surface area contributed by atoms with E-state index in [9.17, 15) is 4.39 Å². The van der Waals surface area contributed by atoms with Crippen LogP contribution in [0.15, 0.2) is 0 Å². The minimum Gasteiger partial charge on any atom is -0.389 e. The number of hydrogen-bond acceptors (Lipinski definition) is 3. The Balaban J connectivity index is 2.39. The van der Waals surface area contributed by atoms with Crippen molar-refractivity contribution in [2.75, 3.05) is 20.3 Å². The minimum absolute atomic E-state index is 0.240. The summed E-state index contributed by atoms with van der Waals surface area (Å²) < 4.78 is 11.9. The zero-order chi connectivity index (χ0) is 9.19. The van der Waals surface area contributed by atoms with Gasteiger partial charge in [0.2, 0.25) is 0 Å². The van der Waals surface area contributed by atoms with Crippen LogP contribution in [0.4, 0.5) is 4.39 Å². The molecule has 0 bridgehead atoms. The van der Waals surface area contributed by atoms with Crippen LogP contribution < -0.4 is 0 Å². The number of hydrogen-bond donors (Lipinski definition) is 1. The summed E-state index contributed by atoms with van der Waals surface area (Å²) >= 11 is 0. The predicted molar refractivity (Wildman–Crippen MR) is 42.2 cm³/mol. The maximum absolute atomic E-state index is 11.9. The molecular formula is C8H13FN2O. The Morgan fingerprint density at radius 3 is 2.67 bits per heavy atom. The Hall–Kier alpha value is -0.660. The quantitative estimate of drug-likeness (QED) is 0.663. The standard InChI is InChI=1S/C8H13FN2O/c1-11(5-7(12)4-9)8(6-10)2-3-8/h7,12H,2-5H2,1H3. The van der Waals surface area contributed by atoms with Gasteiger partial charge in [-0.25, -0.2) is 4.39 Å². The van der Waals surface area contributed by atoms with Gasteiger partial charge in [-0.05, 0) is 19.9 Å².